The fourth-order valence-corrected chi connectivity index (χ4v) is 2.25. The summed E-state index contributed by atoms with van der Waals surface area (Å²) in [6.45, 7) is 0.168. The van der Waals surface area contributed by atoms with E-state index in [1.54, 1.807) is 31.6 Å². The van der Waals surface area contributed by atoms with E-state index in [0.29, 0.717) is 12.4 Å². The normalized spacial score (nSPS) is 10.4. The van der Waals surface area contributed by atoms with Crippen LogP contribution in [-0.2, 0) is 17.9 Å². The van der Waals surface area contributed by atoms with Crippen LogP contribution in [0.1, 0.15) is 5.56 Å². The standard InChI is InChI=1S/C17H17N5O3/c1-25-14-5-2-4-13(10-14)11-18-16(23)12-22-17(24)7-6-15(20-22)21-9-3-8-19-21/h2-10H,11-12H2,1H3,(H,18,23). The first-order valence-electron chi connectivity index (χ1n) is 7.63. The average Bonchev–Trinajstić information content (AvgIpc) is 3.17. The highest BCUT2D eigenvalue weighted by Crippen LogP contribution is 2.12. The number of methoxy groups -OCH3 is 1. The quantitative estimate of drug-likeness (QED) is 0.716. The Morgan fingerprint density at radius 2 is 2.12 bits per heavy atom. The van der Waals surface area contributed by atoms with Crippen LogP contribution in [0.4, 0.5) is 0 Å². The second kappa shape index (κ2) is 7.43. The number of ether oxygens (including phenoxy) is 1. The fourth-order valence-electron chi connectivity index (χ4n) is 2.25. The minimum atomic E-state index is -0.354. The van der Waals surface area contributed by atoms with Gasteiger partial charge >= 0.3 is 0 Å². The van der Waals surface area contributed by atoms with Gasteiger partial charge in [0.15, 0.2) is 5.82 Å². The van der Waals surface area contributed by atoms with Crippen LogP contribution in [0.2, 0.25) is 0 Å². The van der Waals surface area contributed by atoms with Crippen molar-refractivity contribution in [3.63, 3.8) is 0 Å². The summed E-state index contributed by atoms with van der Waals surface area (Å²) in [7, 11) is 1.59. The Balaban J connectivity index is 1.66. The molecular formula is C17H17N5O3. The SMILES string of the molecule is COc1cccc(CNC(=O)Cn2nc(-n3cccn3)ccc2=O)c1. The number of benzene rings is 1. The Bertz CT molecular complexity index is 918. The molecule has 2 aromatic heterocycles. The molecule has 3 aromatic rings. The first-order valence-corrected chi connectivity index (χ1v) is 7.63. The van der Waals surface area contributed by atoms with Crippen LogP contribution < -0.4 is 15.6 Å². The zero-order chi connectivity index (χ0) is 17.6. The third kappa shape index (κ3) is 4.11. The molecule has 0 saturated heterocycles. The van der Waals surface area contributed by atoms with Crippen LogP contribution in [0.5, 0.6) is 5.75 Å². The molecule has 0 bridgehead atoms. The van der Waals surface area contributed by atoms with Crippen molar-refractivity contribution >= 4 is 5.91 Å². The van der Waals surface area contributed by atoms with Crippen molar-refractivity contribution in [2.75, 3.05) is 7.11 Å². The number of aromatic nitrogens is 4. The van der Waals surface area contributed by atoms with Gasteiger partial charge in [0.2, 0.25) is 5.91 Å². The Morgan fingerprint density at radius 3 is 2.88 bits per heavy atom. The topological polar surface area (TPSA) is 91.0 Å². The van der Waals surface area contributed by atoms with E-state index in [1.807, 2.05) is 24.3 Å². The molecular weight excluding hydrogens is 322 g/mol. The van der Waals surface area contributed by atoms with E-state index in [-0.39, 0.29) is 18.0 Å². The van der Waals surface area contributed by atoms with Crippen molar-refractivity contribution in [1.82, 2.24) is 24.9 Å². The Hall–Kier alpha value is -3.42. The summed E-state index contributed by atoms with van der Waals surface area (Å²) >= 11 is 0. The van der Waals surface area contributed by atoms with Gasteiger partial charge < -0.3 is 10.1 Å². The Morgan fingerprint density at radius 1 is 1.24 bits per heavy atom. The molecule has 0 aliphatic carbocycles. The molecule has 0 fully saturated rings. The van der Waals surface area contributed by atoms with Gasteiger partial charge in [0.1, 0.15) is 12.3 Å². The summed E-state index contributed by atoms with van der Waals surface area (Å²) in [5, 5.41) is 11.0. The molecule has 0 unspecified atom stereocenters. The van der Waals surface area contributed by atoms with Gasteiger partial charge in [-0.25, -0.2) is 9.36 Å². The van der Waals surface area contributed by atoms with Gasteiger partial charge in [0.05, 0.1) is 7.11 Å². The zero-order valence-corrected chi connectivity index (χ0v) is 13.6. The number of hydrogen-bond donors (Lipinski definition) is 1. The number of rotatable bonds is 6. The van der Waals surface area contributed by atoms with Crippen LogP contribution in [0.3, 0.4) is 0 Å². The molecule has 0 aliphatic rings. The molecule has 0 radical (unpaired) electrons. The van der Waals surface area contributed by atoms with Gasteiger partial charge in [-0.1, -0.05) is 12.1 Å². The van der Waals surface area contributed by atoms with Crippen molar-refractivity contribution in [2.45, 2.75) is 13.1 Å². The molecule has 25 heavy (non-hydrogen) atoms. The summed E-state index contributed by atoms with van der Waals surface area (Å²) in [4.78, 5) is 24.0. The summed E-state index contributed by atoms with van der Waals surface area (Å²) < 4.78 is 7.77. The highest BCUT2D eigenvalue weighted by atomic mass is 16.5. The average molecular weight is 339 g/mol. The smallest absolute Gasteiger partial charge is 0.267 e. The van der Waals surface area contributed by atoms with E-state index in [9.17, 15) is 9.59 Å². The number of amides is 1. The van der Waals surface area contributed by atoms with Crippen LogP contribution >= 0.6 is 0 Å². The lowest BCUT2D eigenvalue weighted by molar-refractivity contribution is -0.122. The lowest BCUT2D eigenvalue weighted by Gasteiger charge is -2.09. The Kier molecular flexibility index (Phi) is 4.89. The van der Waals surface area contributed by atoms with Crippen LogP contribution in [-0.4, -0.2) is 32.6 Å². The number of hydrogen-bond acceptors (Lipinski definition) is 5. The van der Waals surface area contributed by atoms with Gasteiger partial charge in [0.25, 0.3) is 5.56 Å². The van der Waals surface area contributed by atoms with E-state index in [2.05, 4.69) is 15.5 Å². The molecule has 8 heteroatoms. The summed E-state index contributed by atoms with van der Waals surface area (Å²) in [6, 6.07) is 12.1. The number of carbonyl (C=O) groups excluding carboxylic acids is 1. The molecule has 0 saturated carbocycles. The predicted octanol–water partition coefficient (Wildman–Crippen LogP) is 0.754. The van der Waals surface area contributed by atoms with Gasteiger partial charge in [-0.3, -0.25) is 9.59 Å². The predicted molar refractivity (Wildman–Crippen MR) is 90.5 cm³/mol. The molecule has 0 spiro atoms. The third-order valence-electron chi connectivity index (χ3n) is 3.51. The summed E-state index contributed by atoms with van der Waals surface area (Å²) in [5.41, 5.74) is 0.547. The molecule has 8 nitrogen and oxygen atoms in total. The molecule has 0 atom stereocenters. The number of nitrogens with one attached hydrogen (secondary N) is 1. The highest BCUT2D eigenvalue weighted by molar-refractivity contribution is 5.75. The lowest BCUT2D eigenvalue weighted by atomic mass is 10.2. The first-order chi connectivity index (χ1) is 12.2. The van der Waals surface area contributed by atoms with E-state index in [1.165, 1.54) is 10.7 Å². The van der Waals surface area contributed by atoms with Gasteiger partial charge in [-0.15, -0.1) is 5.10 Å². The molecule has 2 heterocycles. The number of nitrogens with zero attached hydrogens (tertiary/aromatic N) is 4. The van der Waals surface area contributed by atoms with Gasteiger partial charge in [0, 0.05) is 25.0 Å². The largest absolute Gasteiger partial charge is 0.497 e. The van der Waals surface area contributed by atoms with Crippen molar-refractivity contribution in [2.24, 2.45) is 0 Å². The van der Waals surface area contributed by atoms with Crippen molar-refractivity contribution in [3.8, 4) is 11.6 Å². The molecule has 1 N–H and O–H groups in total. The van der Waals surface area contributed by atoms with E-state index < -0.39 is 0 Å². The maximum atomic E-state index is 12.1. The number of carbonyl (C=O) groups is 1. The second-order valence-electron chi connectivity index (χ2n) is 5.27. The second-order valence-corrected chi connectivity index (χ2v) is 5.27. The Labute approximate surface area is 143 Å². The molecule has 1 aromatic carbocycles. The minimum Gasteiger partial charge on any atom is -0.497 e. The first kappa shape index (κ1) is 16.4. The van der Waals surface area contributed by atoms with Crippen LogP contribution in [0, 0.1) is 0 Å². The van der Waals surface area contributed by atoms with Crippen molar-refractivity contribution in [1.29, 1.82) is 0 Å². The van der Waals surface area contributed by atoms with E-state index >= 15 is 0 Å². The zero-order valence-electron chi connectivity index (χ0n) is 13.6. The van der Waals surface area contributed by atoms with E-state index in [4.69, 9.17) is 4.74 Å². The maximum Gasteiger partial charge on any atom is 0.267 e. The van der Waals surface area contributed by atoms with Crippen LogP contribution in [0.25, 0.3) is 5.82 Å². The minimum absolute atomic E-state index is 0.169. The summed E-state index contributed by atoms with van der Waals surface area (Å²) in [6.07, 6.45) is 3.32. The fraction of sp³-hybridized carbons (Fsp3) is 0.176. The maximum absolute atomic E-state index is 12.1. The molecule has 3 rings (SSSR count). The highest BCUT2D eigenvalue weighted by Gasteiger charge is 2.08. The lowest BCUT2D eigenvalue weighted by Crippen LogP contribution is -2.33. The third-order valence-corrected chi connectivity index (χ3v) is 3.51. The molecule has 128 valence electrons. The monoisotopic (exact) mass is 339 g/mol. The summed E-state index contributed by atoms with van der Waals surface area (Å²) in [5.74, 6) is 0.872. The van der Waals surface area contributed by atoms with Gasteiger partial charge in [-0.2, -0.15) is 5.10 Å². The molecule has 0 aliphatic heterocycles. The van der Waals surface area contributed by atoms with Gasteiger partial charge in [-0.05, 0) is 29.8 Å². The van der Waals surface area contributed by atoms with Crippen molar-refractivity contribution in [3.05, 3.63) is 70.8 Å². The van der Waals surface area contributed by atoms with Crippen molar-refractivity contribution < 1.29 is 9.53 Å². The van der Waals surface area contributed by atoms with Crippen LogP contribution in [0.15, 0.2) is 59.7 Å². The molecule has 1 amide bonds. The van der Waals surface area contributed by atoms with E-state index in [0.717, 1.165) is 16.0 Å².